The van der Waals surface area contributed by atoms with Crippen LogP contribution >= 0.6 is 0 Å². The van der Waals surface area contributed by atoms with E-state index in [-0.39, 0.29) is 5.41 Å². The molecule has 17 heavy (non-hydrogen) atoms. The summed E-state index contributed by atoms with van der Waals surface area (Å²) in [6, 6.07) is 5.43. The largest absolute Gasteiger partial charge is 0.496 e. The van der Waals surface area contributed by atoms with Gasteiger partial charge in [-0.05, 0) is 23.6 Å². The number of ether oxygens (including phenoxy) is 1. The highest BCUT2D eigenvalue weighted by Crippen LogP contribution is 2.33. The van der Waals surface area contributed by atoms with Crippen molar-refractivity contribution in [2.24, 2.45) is 0 Å². The van der Waals surface area contributed by atoms with Crippen LogP contribution in [-0.4, -0.2) is 24.7 Å². The van der Waals surface area contributed by atoms with Crippen molar-refractivity contribution in [2.75, 3.05) is 19.0 Å². The molecule has 0 aromatic heterocycles. The Kier molecular flexibility index (Phi) is 4.12. The van der Waals surface area contributed by atoms with Crippen LogP contribution in [-0.2, 0) is 10.2 Å². The van der Waals surface area contributed by atoms with Crippen LogP contribution in [0.5, 0.6) is 5.75 Å². The molecule has 0 heterocycles. The lowest BCUT2D eigenvalue weighted by atomic mass is 9.86. The number of aliphatic hydroxyl groups excluding tert-OH is 1. The van der Waals surface area contributed by atoms with Crippen LogP contribution in [0.2, 0.25) is 0 Å². The smallest absolute Gasteiger partial charge is 0.250 e. The number of aliphatic hydroxyl groups is 1. The van der Waals surface area contributed by atoms with Crippen LogP contribution in [0.3, 0.4) is 0 Å². The van der Waals surface area contributed by atoms with Gasteiger partial charge in [-0.2, -0.15) is 0 Å². The number of rotatable bonds is 3. The number of hydrogen-bond donors (Lipinski definition) is 2. The average Bonchev–Trinajstić information content (AvgIpc) is 2.27. The predicted molar refractivity (Wildman–Crippen MR) is 67.4 cm³/mol. The first-order valence-electron chi connectivity index (χ1n) is 5.47. The third-order valence-electron chi connectivity index (χ3n) is 2.43. The first-order valence-corrected chi connectivity index (χ1v) is 5.47. The van der Waals surface area contributed by atoms with Gasteiger partial charge >= 0.3 is 0 Å². The van der Waals surface area contributed by atoms with Crippen molar-refractivity contribution in [1.29, 1.82) is 0 Å². The van der Waals surface area contributed by atoms with Gasteiger partial charge in [0.1, 0.15) is 12.4 Å². The fourth-order valence-corrected chi connectivity index (χ4v) is 1.57. The average molecular weight is 237 g/mol. The fourth-order valence-electron chi connectivity index (χ4n) is 1.57. The Morgan fingerprint density at radius 2 is 2.06 bits per heavy atom. The van der Waals surface area contributed by atoms with E-state index < -0.39 is 12.5 Å². The molecule has 0 radical (unpaired) electrons. The number of carbonyl (C=O) groups is 1. The molecule has 0 unspecified atom stereocenters. The summed E-state index contributed by atoms with van der Waals surface area (Å²) in [5.74, 6) is 0.370. The molecule has 0 aliphatic heterocycles. The van der Waals surface area contributed by atoms with E-state index in [1.165, 1.54) is 0 Å². The molecule has 0 atom stereocenters. The van der Waals surface area contributed by atoms with Crippen molar-refractivity contribution in [1.82, 2.24) is 0 Å². The molecule has 1 aromatic carbocycles. The highest BCUT2D eigenvalue weighted by molar-refractivity contribution is 5.91. The Morgan fingerprint density at radius 1 is 1.41 bits per heavy atom. The van der Waals surface area contributed by atoms with Gasteiger partial charge < -0.3 is 15.2 Å². The van der Waals surface area contributed by atoms with E-state index in [4.69, 9.17) is 9.84 Å². The standard InChI is InChI=1S/C13H19NO3/c1-13(2,3)10-7-9(14-12(16)8-15)5-6-11(10)17-4/h5-7,15H,8H2,1-4H3,(H,14,16). The highest BCUT2D eigenvalue weighted by Gasteiger charge is 2.19. The number of anilines is 1. The van der Waals surface area contributed by atoms with Gasteiger partial charge in [0.25, 0.3) is 0 Å². The zero-order valence-electron chi connectivity index (χ0n) is 10.7. The maximum atomic E-state index is 11.1. The molecule has 1 rings (SSSR count). The number of amides is 1. The number of nitrogens with one attached hydrogen (secondary N) is 1. The van der Waals surface area contributed by atoms with Crippen molar-refractivity contribution >= 4 is 11.6 Å². The topological polar surface area (TPSA) is 58.6 Å². The van der Waals surface area contributed by atoms with Gasteiger partial charge in [0.15, 0.2) is 0 Å². The molecule has 1 aromatic rings. The molecule has 4 heteroatoms. The Balaban J connectivity index is 3.09. The number of carbonyl (C=O) groups excluding carboxylic acids is 1. The number of benzene rings is 1. The summed E-state index contributed by atoms with van der Waals surface area (Å²) in [5, 5.41) is 11.3. The molecule has 0 spiro atoms. The molecule has 0 aliphatic carbocycles. The van der Waals surface area contributed by atoms with E-state index in [2.05, 4.69) is 26.1 Å². The monoisotopic (exact) mass is 237 g/mol. The molecular formula is C13H19NO3. The minimum absolute atomic E-state index is 0.0781. The zero-order valence-corrected chi connectivity index (χ0v) is 10.7. The molecule has 0 saturated heterocycles. The van der Waals surface area contributed by atoms with Crippen LogP contribution in [0.4, 0.5) is 5.69 Å². The first kappa shape index (κ1) is 13.5. The Hall–Kier alpha value is -1.55. The summed E-state index contributed by atoms with van der Waals surface area (Å²) in [7, 11) is 1.62. The summed E-state index contributed by atoms with van der Waals surface area (Å²) < 4.78 is 5.30. The van der Waals surface area contributed by atoms with E-state index in [0.717, 1.165) is 11.3 Å². The van der Waals surface area contributed by atoms with Crippen LogP contribution in [0.1, 0.15) is 26.3 Å². The van der Waals surface area contributed by atoms with E-state index >= 15 is 0 Å². The molecule has 0 fully saturated rings. The minimum atomic E-state index is -0.517. The van der Waals surface area contributed by atoms with E-state index in [9.17, 15) is 4.79 Å². The predicted octanol–water partition coefficient (Wildman–Crippen LogP) is 1.92. The van der Waals surface area contributed by atoms with Crippen molar-refractivity contribution in [3.8, 4) is 5.75 Å². The normalized spacial score (nSPS) is 11.1. The molecule has 0 aliphatic rings. The van der Waals surface area contributed by atoms with Crippen molar-refractivity contribution in [2.45, 2.75) is 26.2 Å². The Labute approximate surface area is 102 Å². The molecule has 0 saturated carbocycles. The van der Waals surface area contributed by atoms with Gasteiger partial charge in [0.2, 0.25) is 5.91 Å². The lowest BCUT2D eigenvalue weighted by molar-refractivity contribution is -0.118. The van der Waals surface area contributed by atoms with Gasteiger partial charge in [0, 0.05) is 11.3 Å². The minimum Gasteiger partial charge on any atom is -0.496 e. The van der Waals surface area contributed by atoms with Gasteiger partial charge in [-0.1, -0.05) is 20.8 Å². The van der Waals surface area contributed by atoms with Crippen LogP contribution in [0, 0.1) is 0 Å². The molecular weight excluding hydrogens is 218 g/mol. The Bertz CT molecular complexity index is 408. The van der Waals surface area contributed by atoms with E-state index in [1.807, 2.05) is 12.1 Å². The van der Waals surface area contributed by atoms with Crippen LogP contribution in [0.25, 0.3) is 0 Å². The number of hydrogen-bond acceptors (Lipinski definition) is 3. The van der Waals surface area contributed by atoms with Gasteiger partial charge in [-0.25, -0.2) is 0 Å². The second kappa shape index (κ2) is 5.19. The van der Waals surface area contributed by atoms with E-state index in [1.54, 1.807) is 13.2 Å². The van der Waals surface area contributed by atoms with Gasteiger partial charge in [-0.15, -0.1) is 0 Å². The quantitative estimate of drug-likeness (QED) is 0.844. The van der Waals surface area contributed by atoms with Crippen molar-refractivity contribution in [3.05, 3.63) is 23.8 Å². The maximum absolute atomic E-state index is 11.1. The summed E-state index contributed by atoms with van der Waals surface area (Å²) >= 11 is 0. The van der Waals surface area contributed by atoms with Crippen molar-refractivity contribution < 1.29 is 14.6 Å². The van der Waals surface area contributed by atoms with Gasteiger partial charge in [0.05, 0.1) is 7.11 Å². The zero-order chi connectivity index (χ0) is 13.1. The molecule has 4 nitrogen and oxygen atoms in total. The van der Waals surface area contributed by atoms with Crippen molar-refractivity contribution in [3.63, 3.8) is 0 Å². The SMILES string of the molecule is COc1ccc(NC(=O)CO)cc1C(C)(C)C. The van der Waals surface area contributed by atoms with Crippen LogP contribution in [0.15, 0.2) is 18.2 Å². The fraction of sp³-hybridized carbons (Fsp3) is 0.462. The third kappa shape index (κ3) is 3.46. The second-order valence-electron chi connectivity index (χ2n) is 4.87. The summed E-state index contributed by atoms with van der Waals surface area (Å²) in [6.07, 6.45) is 0. The maximum Gasteiger partial charge on any atom is 0.250 e. The lowest BCUT2D eigenvalue weighted by Crippen LogP contribution is -2.17. The molecule has 1 amide bonds. The number of methoxy groups -OCH3 is 1. The third-order valence-corrected chi connectivity index (χ3v) is 2.43. The molecule has 94 valence electrons. The van der Waals surface area contributed by atoms with Crippen LogP contribution < -0.4 is 10.1 Å². The second-order valence-corrected chi connectivity index (χ2v) is 4.87. The summed E-state index contributed by atoms with van der Waals surface area (Å²) in [4.78, 5) is 11.1. The molecule has 2 N–H and O–H groups in total. The summed E-state index contributed by atoms with van der Waals surface area (Å²) in [6.45, 7) is 5.70. The lowest BCUT2D eigenvalue weighted by Gasteiger charge is -2.23. The molecule has 0 bridgehead atoms. The summed E-state index contributed by atoms with van der Waals surface area (Å²) in [5.41, 5.74) is 1.59. The Morgan fingerprint density at radius 3 is 2.53 bits per heavy atom. The highest BCUT2D eigenvalue weighted by atomic mass is 16.5. The first-order chi connectivity index (χ1) is 7.88. The van der Waals surface area contributed by atoms with Gasteiger partial charge in [-0.3, -0.25) is 4.79 Å². The van der Waals surface area contributed by atoms with E-state index in [0.29, 0.717) is 5.69 Å².